The van der Waals surface area contributed by atoms with Gasteiger partial charge in [-0.2, -0.15) is 17.5 Å². The van der Waals surface area contributed by atoms with Crippen LogP contribution in [0.2, 0.25) is 0 Å². The number of nitrogens with one attached hydrogen (secondary N) is 1. The van der Waals surface area contributed by atoms with E-state index in [4.69, 9.17) is 5.73 Å². The zero-order chi connectivity index (χ0) is 22.3. The van der Waals surface area contributed by atoms with Crippen molar-refractivity contribution in [2.45, 2.75) is 56.3 Å². The molecule has 0 bridgehead atoms. The van der Waals surface area contributed by atoms with Gasteiger partial charge in [-0.15, -0.1) is 0 Å². The van der Waals surface area contributed by atoms with Crippen molar-refractivity contribution in [2.24, 2.45) is 23.5 Å². The second kappa shape index (κ2) is 8.47. The van der Waals surface area contributed by atoms with Crippen LogP contribution in [0.25, 0.3) is 0 Å². The van der Waals surface area contributed by atoms with Crippen LogP contribution in [-0.4, -0.2) is 43.8 Å². The van der Waals surface area contributed by atoms with Crippen LogP contribution in [0.15, 0.2) is 29.2 Å². The molecule has 2 aliphatic rings. The number of alkyl halides is 3. The molecule has 168 valence electrons. The minimum absolute atomic E-state index is 0.0256. The molecule has 1 saturated heterocycles. The van der Waals surface area contributed by atoms with Gasteiger partial charge in [-0.3, -0.25) is 4.79 Å². The number of sulfonamides is 1. The fourth-order valence-electron chi connectivity index (χ4n) is 4.36. The predicted molar refractivity (Wildman–Crippen MR) is 106 cm³/mol. The molecule has 3 N–H and O–H groups in total. The van der Waals surface area contributed by atoms with Crippen LogP contribution in [0.1, 0.15) is 38.7 Å². The summed E-state index contributed by atoms with van der Waals surface area (Å²) in [4.78, 5) is 12.3. The van der Waals surface area contributed by atoms with Gasteiger partial charge in [-0.05, 0) is 54.9 Å². The van der Waals surface area contributed by atoms with Crippen LogP contribution in [0.3, 0.4) is 0 Å². The Hall–Kier alpha value is -1.65. The highest BCUT2D eigenvalue weighted by Crippen LogP contribution is 2.40. The summed E-state index contributed by atoms with van der Waals surface area (Å²) in [6.07, 6.45) is -2.19. The maximum absolute atomic E-state index is 12.9. The van der Waals surface area contributed by atoms with E-state index in [-0.39, 0.29) is 41.1 Å². The maximum Gasteiger partial charge on any atom is 0.416 e. The number of nitrogens with zero attached hydrogens (tertiary/aromatic N) is 1. The summed E-state index contributed by atoms with van der Waals surface area (Å²) >= 11 is 0. The second-order valence-corrected chi connectivity index (χ2v) is 10.3. The summed E-state index contributed by atoms with van der Waals surface area (Å²) in [5, 5.41) is 2.99. The molecule has 1 amide bonds. The lowest BCUT2D eigenvalue weighted by atomic mass is 9.96. The standard InChI is InChI=1S/C20H28F3N3O3S/c1-3-12(2)18(24)19(27)25-17-9-4-13-10-26(11-16(13)17)30(28,29)15-7-5-14(6-8-15)20(21,22)23/h5-8,12-13,16-18H,3-4,9-11,24H2,1-2H3,(H,25,27)/t12-,13?,16?,17?,18-/m0/s1. The van der Waals surface area contributed by atoms with Crippen LogP contribution < -0.4 is 11.1 Å². The summed E-state index contributed by atoms with van der Waals surface area (Å²) in [6.45, 7) is 4.41. The van der Waals surface area contributed by atoms with Gasteiger partial charge in [0.25, 0.3) is 0 Å². The van der Waals surface area contributed by atoms with E-state index in [1.807, 2.05) is 13.8 Å². The first kappa shape index (κ1) is 23.0. The van der Waals surface area contributed by atoms with E-state index in [0.717, 1.165) is 43.5 Å². The maximum atomic E-state index is 12.9. The molecular formula is C20H28F3N3O3S. The van der Waals surface area contributed by atoms with Crippen molar-refractivity contribution in [2.75, 3.05) is 13.1 Å². The number of fused-ring (bicyclic) bond motifs is 1. The molecule has 0 spiro atoms. The Morgan fingerprint density at radius 1 is 1.23 bits per heavy atom. The van der Waals surface area contributed by atoms with Gasteiger partial charge in [-0.1, -0.05) is 20.3 Å². The average molecular weight is 448 g/mol. The van der Waals surface area contributed by atoms with Crippen molar-refractivity contribution in [1.82, 2.24) is 9.62 Å². The largest absolute Gasteiger partial charge is 0.416 e. The predicted octanol–water partition coefficient (Wildman–Crippen LogP) is 2.59. The van der Waals surface area contributed by atoms with E-state index in [2.05, 4.69) is 5.32 Å². The van der Waals surface area contributed by atoms with Crippen LogP contribution in [0.4, 0.5) is 13.2 Å². The molecule has 30 heavy (non-hydrogen) atoms. The lowest BCUT2D eigenvalue weighted by molar-refractivity contribution is -0.137. The van der Waals surface area contributed by atoms with E-state index in [0.29, 0.717) is 6.54 Å². The van der Waals surface area contributed by atoms with Crippen LogP contribution in [0.5, 0.6) is 0 Å². The number of halogens is 3. The molecule has 1 aliphatic carbocycles. The minimum Gasteiger partial charge on any atom is -0.352 e. The molecule has 10 heteroatoms. The number of hydrogen-bond donors (Lipinski definition) is 2. The van der Waals surface area contributed by atoms with Gasteiger partial charge in [0.1, 0.15) is 0 Å². The third-order valence-corrected chi connectivity index (χ3v) is 8.38. The van der Waals surface area contributed by atoms with Gasteiger partial charge in [0.05, 0.1) is 16.5 Å². The summed E-state index contributed by atoms with van der Waals surface area (Å²) in [5.41, 5.74) is 5.11. The lowest BCUT2D eigenvalue weighted by Gasteiger charge is -2.25. The highest BCUT2D eigenvalue weighted by Gasteiger charge is 2.47. The zero-order valence-corrected chi connectivity index (χ0v) is 17.8. The Balaban J connectivity index is 1.69. The molecule has 1 aromatic carbocycles. The van der Waals surface area contributed by atoms with Crippen molar-refractivity contribution in [3.8, 4) is 0 Å². The summed E-state index contributed by atoms with van der Waals surface area (Å²) < 4.78 is 65.4. The molecular weight excluding hydrogens is 419 g/mol. The summed E-state index contributed by atoms with van der Waals surface area (Å²) in [5.74, 6) is -0.0944. The first-order chi connectivity index (χ1) is 13.9. The fraction of sp³-hybridized carbons (Fsp3) is 0.650. The number of hydrogen-bond acceptors (Lipinski definition) is 4. The van der Waals surface area contributed by atoms with Crippen molar-refractivity contribution >= 4 is 15.9 Å². The third kappa shape index (κ3) is 4.50. The number of amides is 1. The van der Waals surface area contributed by atoms with Gasteiger partial charge in [0.15, 0.2) is 0 Å². The van der Waals surface area contributed by atoms with E-state index < -0.39 is 27.8 Å². The topological polar surface area (TPSA) is 92.5 Å². The van der Waals surface area contributed by atoms with Crippen molar-refractivity contribution in [1.29, 1.82) is 0 Å². The normalized spacial score (nSPS) is 26.9. The first-order valence-corrected chi connectivity index (χ1v) is 11.6. The monoisotopic (exact) mass is 447 g/mol. The molecule has 1 aliphatic heterocycles. The Kier molecular flexibility index (Phi) is 6.50. The summed E-state index contributed by atoms with van der Waals surface area (Å²) in [7, 11) is -3.90. The molecule has 3 unspecified atom stereocenters. The van der Waals surface area contributed by atoms with Crippen molar-refractivity contribution in [3.05, 3.63) is 29.8 Å². The Labute approximate surface area is 175 Å². The smallest absolute Gasteiger partial charge is 0.352 e. The zero-order valence-electron chi connectivity index (χ0n) is 17.0. The number of rotatable bonds is 6. The highest BCUT2D eigenvalue weighted by atomic mass is 32.2. The van der Waals surface area contributed by atoms with Gasteiger partial charge in [-0.25, -0.2) is 8.42 Å². The number of benzene rings is 1. The Morgan fingerprint density at radius 3 is 2.43 bits per heavy atom. The molecule has 0 aromatic heterocycles. The van der Waals surface area contributed by atoms with Crippen LogP contribution in [0, 0.1) is 17.8 Å². The number of carbonyl (C=O) groups excluding carboxylic acids is 1. The van der Waals surface area contributed by atoms with E-state index in [1.165, 1.54) is 4.31 Å². The molecule has 2 fully saturated rings. The van der Waals surface area contributed by atoms with E-state index >= 15 is 0 Å². The van der Waals surface area contributed by atoms with Gasteiger partial charge < -0.3 is 11.1 Å². The second-order valence-electron chi connectivity index (χ2n) is 8.37. The fourth-order valence-corrected chi connectivity index (χ4v) is 5.89. The lowest BCUT2D eigenvalue weighted by Crippen LogP contribution is -2.50. The molecule has 3 rings (SSSR count). The molecule has 1 saturated carbocycles. The van der Waals surface area contributed by atoms with E-state index in [9.17, 15) is 26.4 Å². The number of carbonyl (C=O) groups is 1. The van der Waals surface area contributed by atoms with Gasteiger partial charge in [0.2, 0.25) is 15.9 Å². The molecule has 1 aromatic rings. The Bertz CT molecular complexity index is 874. The molecule has 0 radical (unpaired) electrons. The van der Waals surface area contributed by atoms with Crippen LogP contribution in [-0.2, 0) is 21.0 Å². The first-order valence-electron chi connectivity index (χ1n) is 10.2. The highest BCUT2D eigenvalue weighted by molar-refractivity contribution is 7.89. The molecule has 5 atom stereocenters. The average Bonchev–Trinajstić information content (AvgIpc) is 3.28. The quantitative estimate of drug-likeness (QED) is 0.701. The van der Waals surface area contributed by atoms with Gasteiger partial charge >= 0.3 is 6.18 Å². The third-order valence-electron chi connectivity index (χ3n) is 6.53. The summed E-state index contributed by atoms with van der Waals surface area (Å²) in [6, 6.07) is 2.80. The van der Waals surface area contributed by atoms with Crippen molar-refractivity contribution < 1.29 is 26.4 Å². The van der Waals surface area contributed by atoms with Crippen molar-refractivity contribution in [3.63, 3.8) is 0 Å². The van der Waals surface area contributed by atoms with E-state index in [1.54, 1.807) is 0 Å². The molecule has 6 nitrogen and oxygen atoms in total. The van der Waals surface area contributed by atoms with Gasteiger partial charge in [0, 0.05) is 19.1 Å². The Morgan fingerprint density at radius 2 is 1.87 bits per heavy atom. The SMILES string of the molecule is CC[C@H](C)[C@H](N)C(=O)NC1CCC2CN(S(=O)(=O)c3ccc(C(F)(F)F)cc3)CC21. The minimum atomic E-state index is -4.52. The molecule has 1 heterocycles. The van der Waals surface area contributed by atoms with Crippen LogP contribution >= 0.6 is 0 Å². The number of nitrogens with two attached hydrogens (primary N) is 1.